The maximum atomic E-state index is 14.0. The first kappa shape index (κ1) is 22.4. The van der Waals surface area contributed by atoms with Gasteiger partial charge < -0.3 is 4.74 Å². The van der Waals surface area contributed by atoms with Gasteiger partial charge in [-0.05, 0) is 35.7 Å². The zero-order valence-corrected chi connectivity index (χ0v) is 19.7. The molecule has 0 amide bonds. The number of methoxy groups -OCH3 is 1. The van der Waals surface area contributed by atoms with Crippen molar-refractivity contribution in [1.82, 2.24) is 8.87 Å². The summed E-state index contributed by atoms with van der Waals surface area (Å²) in [5.41, 5.74) is 3.37. The molecule has 4 aromatic rings. The summed E-state index contributed by atoms with van der Waals surface area (Å²) in [6.07, 6.45) is 0.759. The first-order valence-electron chi connectivity index (χ1n) is 11.3. The van der Waals surface area contributed by atoms with Crippen LogP contribution in [-0.4, -0.2) is 36.9 Å². The molecule has 6 nitrogen and oxygen atoms in total. The molecule has 1 unspecified atom stereocenters. The molecule has 7 heteroatoms. The average molecular weight is 475 g/mol. The number of nitrogens with zero attached hydrogens (tertiary/aromatic N) is 2. The smallest absolute Gasteiger partial charge is 0.307 e. The minimum absolute atomic E-state index is 0.0664. The SMILES string of the molecule is COC(=O)CC1c2c(c3ccccc3n2S(=O)(=O)c2ccccc2)CCN1Cc1ccccc1. The summed E-state index contributed by atoms with van der Waals surface area (Å²) in [5.74, 6) is -0.371. The molecule has 0 saturated carbocycles. The van der Waals surface area contributed by atoms with Crippen LogP contribution in [0.3, 0.4) is 0 Å². The molecule has 0 spiro atoms. The standard InChI is InChI=1S/C27H26N2O4S/c1-33-26(30)18-25-27-23(16-17-28(25)19-20-10-4-2-5-11-20)22-14-8-9-15-24(22)29(27)34(31,32)21-12-6-3-7-13-21/h2-15,25H,16-19H2,1H3. The van der Waals surface area contributed by atoms with Crippen molar-refractivity contribution in [2.24, 2.45) is 0 Å². The number of benzene rings is 3. The van der Waals surface area contributed by atoms with E-state index in [1.54, 1.807) is 30.3 Å². The van der Waals surface area contributed by atoms with Crippen LogP contribution >= 0.6 is 0 Å². The Morgan fingerprint density at radius 3 is 2.29 bits per heavy atom. The third kappa shape index (κ3) is 3.91. The van der Waals surface area contributed by atoms with Crippen molar-refractivity contribution in [1.29, 1.82) is 0 Å². The van der Waals surface area contributed by atoms with E-state index in [0.29, 0.717) is 30.7 Å². The van der Waals surface area contributed by atoms with Gasteiger partial charge in [-0.3, -0.25) is 9.69 Å². The molecule has 1 aromatic heterocycles. The van der Waals surface area contributed by atoms with Crippen LogP contribution in [0.4, 0.5) is 0 Å². The van der Waals surface area contributed by atoms with Crippen LogP contribution < -0.4 is 0 Å². The summed E-state index contributed by atoms with van der Waals surface area (Å²) in [6, 6.07) is 25.6. The molecular weight excluding hydrogens is 448 g/mol. The topological polar surface area (TPSA) is 68.6 Å². The Bertz CT molecular complexity index is 1430. The van der Waals surface area contributed by atoms with Crippen LogP contribution in [0.15, 0.2) is 89.8 Å². The highest BCUT2D eigenvalue weighted by Crippen LogP contribution is 2.41. The van der Waals surface area contributed by atoms with E-state index in [-0.39, 0.29) is 17.3 Å². The van der Waals surface area contributed by atoms with Gasteiger partial charge in [0, 0.05) is 18.5 Å². The van der Waals surface area contributed by atoms with Gasteiger partial charge in [-0.1, -0.05) is 66.7 Å². The van der Waals surface area contributed by atoms with Gasteiger partial charge in [0.05, 0.1) is 35.7 Å². The Balaban J connectivity index is 1.73. The number of esters is 1. The van der Waals surface area contributed by atoms with Crippen molar-refractivity contribution in [3.63, 3.8) is 0 Å². The van der Waals surface area contributed by atoms with Crippen LogP contribution in [0, 0.1) is 0 Å². The van der Waals surface area contributed by atoms with E-state index < -0.39 is 16.1 Å². The van der Waals surface area contributed by atoms with Crippen molar-refractivity contribution < 1.29 is 17.9 Å². The number of fused-ring (bicyclic) bond motifs is 3. The van der Waals surface area contributed by atoms with Crippen molar-refractivity contribution in [2.75, 3.05) is 13.7 Å². The molecule has 0 aliphatic carbocycles. The van der Waals surface area contributed by atoms with E-state index in [1.165, 1.54) is 11.1 Å². The second-order valence-corrected chi connectivity index (χ2v) is 10.3. The van der Waals surface area contributed by atoms with E-state index in [1.807, 2.05) is 54.6 Å². The molecule has 1 atom stereocenters. The molecule has 3 aromatic carbocycles. The summed E-state index contributed by atoms with van der Waals surface area (Å²) in [4.78, 5) is 14.9. The minimum Gasteiger partial charge on any atom is -0.469 e. The predicted molar refractivity (Wildman–Crippen MR) is 131 cm³/mol. The van der Waals surface area contributed by atoms with Crippen LogP contribution in [0.5, 0.6) is 0 Å². The van der Waals surface area contributed by atoms with E-state index in [9.17, 15) is 13.2 Å². The van der Waals surface area contributed by atoms with Gasteiger partial charge >= 0.3 is 5.97 Å². The zero-order valence-electron chi connectivity index (χ0n) is 18.9. The molecular formula is C27H26N2O4S. The number of hydrogen-bond donors (Lipinski definition) is 0. The molecule has 0 bridgehead atoms. The van der Waals surface area contributed by atoms with Gasteiger partial charge in [0.2, 0.25) is 0 Å². The summed E-state index contributed by atoms with van der Waals surface area (Å²) < 4.78 is 34.4. The zero-order chi connectivity index (χ0) is 23.7. The largest absolute Gasteiger partial charge is 0.469 e. The van der Waals surface area contributed by atoms with E-state index in [0.717, 1.165) is 16.5 Å². The molecule has 174 valence electrons. The Kier molecular flexibility index (Phi) is 5.98. The predicted octanol–water partition coefficient (Wildman–Crippen LogP) is 4.54. The van der Waals surface area contributed by atoms with Gasteiger partial charge in [0.1, 0.15) is 0 Å². The van der Waals surface area contributed by atoms with Crippen molar-refractivity contribution >= 4 is 26.9 Å². The van der Waals surface area contributed by atoms with Gasteiger partial charge in [0.15, 0.2) is 0 Å². The van der Waals surface area contributed by atoms with Crippen LogP contribution in [0.1, 0.15) is 29.3 Å². The lowest BCUT2D eigenvalue weighted by Gasteiger charge is -2.36. The van der Waals surface area contributed by atoms with Gasteiger partial charge in [-0.25, -0.2) is 12.4 Å². The number of carbonyl (C=O) groups excluding carboxylic acids is 1. The van der Waals surface area contributed by atoms with Crippen molar-refractivity contribution in [2.45, 2.75) is 30.3 Å². The highest BCUT2D eigenvalue weighted by Gasteiger charge is 2.38. The minimum atomic E-state index is -3.90. The Hall–Kier alpha value is -3.42. The normalized spacial score (nSPS) is 16.3. The maximum absolute atomic E-state index is 14.0. The number of carbonyl (C=O) groups is 1. The number of ether oxygens (including phenoxy) is 1. The molecule has 1 aliphatic heterocycles. The van der Waals surface area contributed by atoms with Gasteiger partial charge in [-0.2, -0.15) is 0 Å². The lowest BCUT2D eigenvalue weighted by atomic mass is 9.94. The molecule has 1 aliphatic rings. The maximum Gasteiger partial charge on any atom is 0.307 e. The fourth-order valence-corrected chi connectivity index (χ4v) is 6.53. The molecule has 0 fully saturated rings. The molecule has 0 saturated heterocycles. The quantitative estimate of drug-likeness (QED) is 0.384. The van der Waals surface area contributed by atoms with Crippen LogP contribution in [0.25, 0.3) is 10.9 Å². The molecule has 0 N–H and O–H groups in total. The first-order valence-corrected chi connectivity index (χ1v) is 12.7. The summed E-state index contributed by atoms with van der Waals surface area (Å²) in [5, 5.41) is 0.909. The second kappa shape index (κ2) is 9.08. The third-order valence-electron chi connectivity index (χ3n) is 6.48. The lowest BCUT2D eigenvalue weighted by molar-refractivity contribution is -0.142. The Morgan fingerprint density at radius 1 is 0.941 bits per heavy atom. The van der Waals surface area contributed by atoms with Crippen LogP contribution in [-0.2, 0) is 32.5 Å². The number of aromatic nitrogens is 1. The Labute approximate surface area is 199 Å². The van der Waals surface area contributed by atoms with E-state index in [2.05, 4.69) is 4.90 Å². The van der Waals surface area contributed by atoms with Crippen molar-refractivity contribution in [3.05, 3.63) is 102 Å². The molecule has 0 radical (unpaired) electrons. The summed E-state index contributed by atoms with van der Waals surface area (Å²) >= 11 is 0. The first-order chi connectivity index (χ1) is 16.5. The van der Waals surface area contributed by atoms with Crippen molar-refractivity contribution in [3.8, 4) is 0 Å². The van der Waals surface area contributed by atoms with Crippen LogP contribution in [0.2, 0.25) is 0 Å². The highest BCUT2D eigenvalue weighted by atomic mass is 32.2. The number of rotatable bonds is 6. The third-order valence-corrected chi connectivity index (χ3v) is 8.22. The van der Waals surface area contributed by atoms with E-state index >= 15 is 0 Å². The monoisotopic (exact) mass is 474 g/mol. The fourth-order valence-electron chi connectivity index (χ4n) is 4.91. The molecule has 5 rings (SSSR count). The summed E-state index contributed by atoms with van der Waals surface area (Å²) in [7, 11) is -2.53. The highest BCUT2D eigenvalue weighted by molar-refractivity contribution is 7.90. The Morgan fingerprint density at radius 2 is 1.59 bits per heavy atom. The lowest BCUT2D eigenvalue weighted by Crippen LogP contribution is -2.38. The number of para-hydroxylation sites is 1. The molecule has 2 heterocycles. The van der Waals surface area contributed by atoms with Gasteiger partial charge in [0.25, 0.3) is 10.0 Å². The number of hydrogen-bond acceptors (Lipinski definition) is 5. The van der Waals surface area contributed by atoms with Gasteiger partial charge in [-0.15, -0.1) is 0 Å². The van der Waals surface area contributed by atoms with E-state index in [4.69, 9.17) is 4.74 Å². The average Bonchev–Trinajstić information content (AvgIpc) is 3.22. The summed E-state index contributed by atoms with van der Waals surface area (Å²) in [6.45, 7) is 1.32. The fraction of sp³-hybridized carbons (Fsp3) is 0.222. The molecule has 34 heavy (non-hydrogen) atoms. The second-order valence-electron chi connectivity index (χ2n) is 8.47.